The molecular weight excluding hydrogens is 228 g/mol. The summed E-state index contributed by atoms with van der Waals surface area (Å²) in [7, 11) is 1.75. The molecule has 0 aliphatic heterocycles. The largest absolute Gasteiger partial charge is 0.481 e. The molecule has 0 aromatic rings. The second-order valence-electron chi connectivity index (χ2n) is 4.70. The van der Waals surface area contributed by atoms with Crippen molar-refractivity contribution in [3.63, 3.8) is 0 Å². The number of carbonyl (C=O) groups is 1. The van der Waals surface area contributed by atoms with Crippen LogP contribution in [0.5, 0.6) is 0 Å². The summed E-state index contributed by atoms with van der Waals surface area (Å²) >= 11 is 0. The van der Waals surface area contributed by atoms with Gasteiger partial charge in [-0.15, -0.1) is 0 Å². The van der Waals surface area contributed by atoms with Crippen LogP contribution in [0.2, 0.25) is 0 Å². The highest BCUT2D eigenvalue weighted by Gasteiger charge is 2.04. The van der Waals surface area contributed by atoms with Crippen molar-refractivity contribution in [1.29, 1.82) is 0 Å². The summed E-state index contributed by atoms with van der Waals surface area (Å²) in [5.41, 5.74) is 0. The second kappa shape index (κ2) is 12.6. The van der Waals surface area contributed by atoms with Gasteiger partial charge in [0.2, 0.25) is 0 Å². The van der Waals surface area contributed by atoms with E-state index in [1.54, 1.807) is 7.11 Å². The van der Waals surface area contributed by atoms with Gasteiger partial charge in [0.25, 0.3) is 0 Å². The molecule has 0 aromatic heterocycles. The third kappa shape index (κ3) is 11.6. The van der Waals surface area contributed by atoms with Crippen molar-refractivity contribution in [2.24, 2.45) is 0 Å². The fourth-order valence-electron chi connectivity index (χ4n) is 1.88. The summed E-state index contributed by atoms with van der Waals surface area (Å²) in [5, 5.41) is 8.50. The van der Waals surface area contributed by atoms with Gasteiger partial charge in [0.15, 0.2) is 0 Å². The number of hydrogen-bond donors (Lipinski definition) is 1. The standard InChI is InChI=1S/C15H28O3/c1-3-4-5-6-8-11-14(18-2)12-9-7-10-13-15(16)17/h7,9,14H,3-6,8,10-13H2,1-2H3,(H,16,17). The predicted molar refractivity (Wildman–Crippen MR) is 74.8 cm³/mol. The number of carboxylic acid groups (broad SMARTS) is 1. The lowest BCUT2D eigenvalue weighted by Crippen LogP contribution is -2.08. The van der Waals surface area contributed by atoms with E-state index in [1.807, 2.05) is 12.2 Å². The number of allylic oxidation sites excluding steroid dienone is 1. The third-order valence-corrected chi connectivity index (χ3v) is 3.05. The molecule has 0 amide bonds. The first-order valence-corrected chi connectivity index (χ1v) is 7.10. The van der Waals surface area contributed by atoms with E-state index >= 15 is 0 Å². The van der Waals surface area contributed by atoms with Crippen LogP contribution in [0.25, 0.3) is 0 Å². The van der Waals surface area contributed by atoms with E-state index in [0.29, 0.717) is 6.42 Å². The van der Waals surface area contributed by atoms with E-state index in [4.69, 9.17) is 9.84 Å². The Morgan fingerprint density at radius 2 is 1.94 bits per heavy atom. The van der Waals surface area contributed by atoms with Gasteiger partial charge in [0.05, 0.1) is 6.10 Å². The van der Waals surface area contributed by atoms with Gasteiger partial charge in [-0.2, -0.15) is 0 Å². The molecular formula is C15H28O3. The number of methoxy groups -OCH3 is 1. The van der Waals surface area contributed by atoms with Crippen LogP contribution in [0.1, 0.15) is 64.7 Å². The van der Waals surface area contributed by atoms with Crippen molar-refractivity contribution in [3.05, 3.63) is 12.2 Å². The number of rotatable bonds is 12. The first-order chi connectivity index (χ1) is 8.70. The molecule has 0 saturated carbocycles. The van der Waals surface area contributed by atoms with Gasteiger partial charge in [0.1, 0.15) is 0 Å². The van der Waals surface area contributed by atoms with Crippen molar-refractivity contribution in [3.8, 4) is 0 Å². The lowest BCUT2D eigenvalue weighted by molar-refractivity contribution is -0.136. The Labute approximate surface area is 111 Å². The second-order valence-corrected chi connectivity index (χ2v) is 4.70. The fourth-order valence-corrected chi connectivity index (χ4v) is 1.88. The summed E-state index contributed by atoms with van der Waals surface area (Å²) in [6, 6.07) is 0. The Kier molecular flexibility index (Phi) is 12.0. The predicted octanol–water partition coefficient (Wildman–Crippen LogP) is 4.17. The van der Waals surface area contributed by atoms with Crippen molar-refractivity contribution in [2.75, 3.05) is 7.11 Å². The molecule has 106 valence electrons. The molecule has 0 bridgehead atoms. The Bertz CT molecular complexity index is 224. The summed E-state index contributed by atoms with van der Waals surface area (Å²) in [4.78, 5) is 10.3. The molecule has 1 unspecified atom stereocenters. The molecule has 0 aromatic carbocycles. The molecule has 0 radical (unpaired) electrons. The van der Waals surface area contributed by atoms with Gasteiger partial charge in [-0.25, -0.2) is 0 Å². The molecule has 3 nitrogen and oxygen atoms in total. The molecule has 18 heavy (non-hydrogen) atoms. The molecule has 0 saturated heterocycles. The van der Waals surface area contributed by atoms with Gasteiger partial charge < -0.3 is 9.84 Å². The SMILES string of the molecule is CCCCCCCC(CC=CCCC(=O)O)OC. The smallest absolute Gasteiger partial charge is 0.303 e. The highest BCUT2D eigenvalue weighted by molar-refractivity contribution is 5.66. The molecule has 3 heteroatoms. The molecule has 1 atom stereocenters. The zero-order valence-corrected chi connectivity index (χ0v) is 11.9. The van der Waals surface area contributed by atoms with E-state index < -0.39 is 5.97 Å². The Morgan fingerprint density at radius 1 is 1.22 bits per heavy atom. The lowest BCUT2D eigenvalue weighted by Gasteiger charge is -2.12. The first kappa shape index (κ1) is 17.2. The number of unbranched alkanes of at least 4 members (excludes halogenated alkanes) is 4. The van der Waals surface area contributed by atoms with Crippen molar-refractivity contribution < 1.29 is 14.6 Å². The van der Waals surface area contributed by atoms with E-state index in [2.05, 4.69) is 6.92 Å². The maximum Gasteiger partial charge on any atom is 0.303 e. The van der Waals surface area contributed by atoms with Crippen molar-refractivity contribution in [2.45, 2.75) is 70.8 Å². The van der Waals surface area contributed by atoms with Crippen molar-refractivity contribution >= 4 is 5.97 Å². The van der Waals surface area contributed by atoms with Crippen LogP contribution in [0, 0.1) is 0 Å². The quantitative estimate of drug-likeness (QED) is 0.421. The van der Waals surface area contributed by atoms with E-state index in [-0.39, 0.29) is 12.5 Å². The van der Waals surface area contributed by atoms with Crippen LogP contribution in [0.15, 0.2) is 12.2 Å². The molecule has 0 aliphatic rings. The topological polar surface area (TPSA) is 46.5 Å². The van der Waals surface area contributed by atoms with Gasteiger partial charge in [0, 0.05) is 13.5 Å². The van der Waals surface area contributed by atoms with Crippen LogP contribution in [-0.2, 0) is 9.53 Å². The van der Waals surface area contributed by atoms with E-state index in [1.165, 1.54) is 32.1 Å². The number of hydrogen-bond acceptors (Lipinski definition) is 2. The van der Waals surface area contributed by atoms with Crippen molar-refractivity contribution in [1.82, 2.24) is 0 Å². The molecule has 1 N–H and O–H groups in total. The van der Waals surface area contributed by atoms with Crippen LogP contribution >= 0.6 is 0 Å². The number of aliphatic carboxylic acids is 1. The van der Waals surface area contributed by atoms with Crippen LogP contribution < -0.4 is 0 Å². The van der Waals surface area contributed by atoms with Gasteiger partial charge in [-0.3, -0.25) is 4.79 Å². The fraction of sp³-hybridized carbons (Fsp3) is 0.800. The molecule has 0 rings (SSSR count). The van der Waals surface area contributed by atoms with E-state index in [0.717, 1.165) is 12.8 Å². The monoisotopic (exact) mass is 256 g/mol. The normalized spacial score (nSPS) is 13.0. The average molecular weight is 256 g/mol. The summed E-state index contributed by atoms with van der Waals surface area (Å²) < 4.78 is 5.42. The first-order valence-electron chi connectivity index (χ1n) is 7.10. The van der Waals surface area contributed by atoms with Gasteiger partial charge in [-0.1, -0.05) is 51.2 Å². The number of ether oxygens (including phenoxy) is 1. The van der Waals surface area contributed by atoms with Gasteiger partial charge in [-0.05, 0) is 19.3 Å². The average Bonchev–Trinajstić information content (AvgIpc) is 2.35. The van der Waals surface area contributed by atoms with Gasteiger partial charge >= 0.3 is 5.97 Å². The maximum atomic E-state index is 10.3. The Hall–Kier alpha value is -0.830. The zero-order valence-electron chi connectivity index (χ0n) is 11.9. The number of carboxylic acids is 1. The molecule has 0 heterocycles. The minimum absolute atomic E-state index is 0.213. The molecule has 0 aliphatic carbocycles. The lowest BCUT2D eigenvalue weighted by atomic mass is 10.1. The summed E-state index contributed by atoms with van der Waals surface area (Å²) in [6.07, 6.45) is 13.5. The zero-order chi connectivity index (χ0) is 13.6. The third-order valence-electron chi connectivity index (χ3n) is 3.05. The maximum absolute atomic E-state index is 10.3. The van der Waals surface area contributed by atoms with E-state index in [9.17, 15) is 4.79 Å². The minimum atomic E-state index is -0.737. The summed E-state index contributed by atoms with van der Waals surface area (Å²) in [5.74, 6) is -0.737. The van der Waals surface area contributed by atoms with Crippen LogP contribution in [-0.4, -0.2) is 24.3 Å². The van der Waals surface area contributed by atoms with Crippen LogP contribution in [0.4, 0.5) is 0 Å². The highest BCUT2D eigenvalue weighted by atomic mass is 16.5. The summed E-state index contributed by atoms with van der Waals surface area (Å²) in [6.45, 7) is 2.22. The Balaban J connectivity index is 3.54. The molecule has 0 spiro atoms. The van der Waals surface area contributed by atoms with Crippen LogP contribution in [0.3, 0.4) is 0 Å². The minimum Gasteiger partial charge on any atom is -0.481 e. The Morgan fingerprint density at radius 3 is 2.56 bits per heavy atom. The highest BCUT2D eigenvalue weighted by Crippen LogP contribution is 2.12. The molecule has 0 fully saturated rings.